The van der Waals surface area contributed by atoms with Gasteiger partial charge in [-0.05, 0) is 45.2 Å². The second-order valence-corrected chi connectivity index (χ2v) is 8.52. The Hall–Kier alpha value is -2.15. The van der Waals surface area contributed by atoms with Crippen LogP contribution in [-0.2, 0) is 4.79 Å². The summed E-state index contributed by atoms with van der Waals surface area (Å²) in [7, 11) is 1.88. The molecule has 0 unspecified atom stereocenters. The van der Waals surface area contributed by atoms with E-state index in [1.54, 1.807) is 0 Å². The van der Waals surface area contributed by atoms with Crippen LogP contribution in [0.5, 0.6) is 0 Å². The SMILES string of the molecule is CCCCN(C)C(=O)C1CCN(C(=O)c2sc(-c3ccc(C)o3)nc2C)CC1. The van der Waals surface area contributed by atoms with Crippen LogP contribution < -0.4 is 0 Å². The maximum atomic E-state index is 13.0. The third kappa shape index (κ3) is 4.46. The van der Waals surface area contributed by atoms with Crippen LogP contribution in [0.25, 0.3) is 10.8 Å². The van der Waals surface area contributed by atoms with E-state index in [2.05, 4.69) is 11.9 Å². The van der Waals surface area contributed by atoms with E-state index < -0.39 is 0 Å². The highest BCUT2D eigenvalue weighted by Gasteiger charge is 2.31. The van der Waals surface area contributed by atoms with E-state index >= 15 is 0 Å². The third-order valence-electron chi connectivity index (χ3n) is 5.30. The van der Waals surface area contributed by atoms with Crippen molar-refractivity contribution in [2.24, 2.45) is 5.92 Å². The van der Waals surface area contributed by atoms with E-state index in [1.807, 2.05) is 42.8 Å². The molecule has 1 aliphatic heterocycles. The zero-order chi connectivity index (χ0) is 20.3. The number of thiazole rings is 1. The first kappa shape index (κ1) is 20.6. The van der Waals surface area contributed by atoms with Gasteiger partial charge in [-0.15, -0.1) is 11.3 Å². The Morgan fingerprint density at radius 3 is 2.61 bits per heavy atom. The van der Waals surface area contributed by atoms with Gasteiger partial charge in [0.25, 0.3) is 5.91 Å². The van der Waals surface area contributed by atoms with Gasteiger partial charge in [0.2, 0.25) is 5.91 Å². The number of unbranched alkanes of at least 4 members (excludes halogenated alkanes) is 1. The highest BCUT2D eigenvalue weighted by Crippen LogP contribution is 2.31. The van der Waals surface area contributed by atoms with E-state index in [4.69, 9.17) is 4.42 Å². The number of carbonyl (C=O) groups is 2. The molecule has 1 fully saturated rings. The molecule has 0 spiro atoms. The van der Waals surface area contributed by atoms with Crippen LogP contribution in [0.1, 0.15) is 53.7 Å². The van der Waals surface area contributed by atoms with Crippen molar-refractivity contribution in [2.45, 2.75) is 46.5 Å². The monoisotopic (exact) mass is 403 g/mol. The molecule has 2 aromatic heterocycles. The summed E-state index contributed by atoms with van der Waals surface area (Å²) >= 11 is 1.38. The Morgan fingerprint density at radius 2 is 2.00 bits per heavy atom. The fraction of sp³-hybridized carbons (Fsp3) is 0.571. The molecule has 7 heteroatoms. The number of hydrogen-bond donors (Lipinski definition) is 0. The summed E-state index contributed by atoms with van der Waals surface area (Å²) < 4.78 is 5.63. The molecule has 2 aromatic rings. The Labute approximate surface area is 170 Å². The minimum Gasteiger partial charge on any atom is -0.459 e. The van der Waals surface area contributed by atoms with Gasteiger partial charge in [0.1, 0.15) is 10.6 Å². The van der Waals surface area contributed by atoms with E-state index in [-0.39, 0.29) is 17.7 Å². The number of piperidine rings is 1. The smallest absolute Gasteiger partial charge is 0.265 e. The number of hydrogen-bond acceptors (Lipinski definition) is 5. The van der Waals surface area contributed by atoms with Gasteiger partial charge in [0, 0.05) is 32.6 Å². The van der Waals surface area contributed by atoms with E-state index in [1.165, 1.54) is 11.3 Å². The van der Waals surface area contributed by atoms with Gasteiger partial charge in [-0.25, -0.2) is 4.98 Å². The molecule has 2 amide bonds. The summed E-state index contributed by atoms with van der Waals surface area (Å²) in [6.45, 7) is 7.92. The lowest BCUT2D eigenvalue weighted by Crippen LogP contribution is -2.43. The highest BCUT2D eigenvalue weighted by atomic mass is 32.1. The van der Waals surface area contributed by atoms with Crippen LogP contribution in [0.15, 0.2) is 16.5 Å². The topological polar surface area (TPSA) is 66.7 Å². The molecular formula is C21H29N3O3S. The Balaban J connectivity index is 1.61. The normalized spacial score (nSPS) is 15.1. The minimum atomic E-state index is 0.00904. The van der Waals surface area contributed by atoms with Crippen molar-refractivity contribution < 1.29 is 14.0 Å². The number of amides is 2. The summed E-state index contributed by atoms with van der Waals surface area (Å²) in [4.78, 5) is 34.4. The maximum Gasteiger partial charge on any atom is 0.265 e. The van der Waals surface area contributed by atoms with Gasteiger partial charge >= 0.3 is 0 Å². The van der Waals surface area contributed by atoms with Crippen molar-refractivity contribution in [3.05, 3.63) is 28.5 Å². The third-order valence-corrected chi connectivity index (χ3v) is 6.46. The Morgan fingerprint density at radius 1 is 1.29 bits per heavy atom. The van der Waals surface area contributed by atoms with Gasteiger partial charge in [0.15, 0.2) is 10.8 Å². The number of nitrogens with zero attached hydrogens (tertiary/aromatic N) is 3. The molecule has 1 aliphatic rings. The molecule has 0 N–H and O–H groups in total. The van der Waals surface area contributed by atoms with Crippen LogP contribution in [0.2, 0.25) is 0 Å². The predicted octanol–water partition coefficient (Wildman–Crippen LogP) is 4.13. The van der Waals surface area contributed by atoms with Crippen molar-refractivity contribution in [3.8, 4) is 10.8 Å². The van der Waals surface area contributed by atoms with Crippen LogP contribution in [0.3, 0.4) is 0 Å². The van der Waals surface area contributed by atoms with E-state index in [9.17, 15) is 9.59 Å². The minimum absolute atomic E-state index is 0.00904. The van der Waals surface area contributed by atoms with Gasteiger partial charge < -0.3 is 14.2 Å². The number of likely N-dealkylation sites (tertiary alicyclic amines) is 1. The molecule has 152 valence electrons. The van der Waals surface area contributed by atoms with Gasteiger partial charge in [0.05, 0.1) is 5.69 Å². The van der Waals surface area contributed by atoms with Crippen molar-refractivity contribution in [2.75, 3.05) is 26.7 Å². The first-order chi connectivity index (χ1) is 13.4. The van der Waals surface area contributed by atoms with Crippen molar-refractivity contribution in [1.82, 2.24) is 14.8 Å². The molecule has 0 atom stereocenters. The predicted molar refractivity (Wildman–Crippen MR) is 110 cm³/mol. The largest absolute Gasteiger partial charge is 0.459 e. The molecule has 3 heterocycles. The lowest BCUT2D eigenvalue weighted by atomic mass is 9.95. The zero-order valence-corrected chi connectivity index (χ0v) is 18.0. The molecule has 0 saturated carbocycles. The molecular weight excluding hydrogens is 374 g/mol. The quantitative estimate of drug-likeness (QED) is 0.727. The summed E-state index contributed by atoms with van der Waals surface area (Å²) in [5.41, 5.74) is 0.733. The first-order valence-electron chi connectivity index (χ1n) is 9.99. The van der Waals surface area contributed by atoms with Crippen LogP contribution in [0, 0.1) is 19.8 Å². The van der Waals surface area contributed by atoms with Gasteiger partial charge in [-0.3, -0.25) is 9.59 Å². The summed E-state index contributed by atoms with van der Waals surface area (Å²) in [6, 6.07) is 3.78. The second kappa shape index (κ2) is 8.90. The molecule has 0 aromatic carbocycles. The average Bonchev–Trinajstić information content (AvgIpc) is 3.30. The lowest BCUT2D eigenvalue weighted by Gasteiger charge is -2.33. The molecule has 0 radical (unpaired) electrons. The summed E-state index contributed by atoms with van der Waals surface area (Å²) in [6.07, 6.45) is 3.56. The number of aromatic nitrogens is 1. The lowest BCUT2D eigenvalue weighted by molar-refractivity contribution is -0.135. The maximum absolute atomic E-state index is 13.0. The Bertz CT molecular complexity index is 834. The number of carbonyl (C=O) groups excluding carboxylic acids is 2. The van der Waals surface area contributed by atoms with Crippen molar-refractivity contribution in [3.63, 3.8) is 0 Å². The zero-order valence-electron chi connectivity index (χ0n) is 17.2. The fourth-order valence-electron chi connectivity index (χ4n) is 3.54. The average molecular weight is 404 g/mol. The fourth-order valence-corrected chi connectivity index (χ4v) is 4.54. The molecule has 28 heavy (non-hydrogen) atoms. The second-order valence-electron chi connectivity index (χ2n) is 7.52. The van der Waals surface area contributed by atoms with E-state index in [0.29, 0.717) is 23.7 Å². The van der Waals surface area contributed by atoms with Gasteiger partial charge in [-0.2, -0.15) is 0 Å². The van der Waals surface area contributed by atoms with E-state index in [0.717, 1.165) is 48.7 Å². The molecule has 1 saturated heterocycles. The van der Waals surface area contributed by atoms with Crippen molar-refractivity contribution >= 4 is 23.2 Å². The molecule has 3 rings (SSSR count). The first-order valence-corrected chi connectivity index (χ1v) is 10.8. The highest BCUT2D eigenvalue weighted by molar-refractivity contribution is 7.17. The number of rotatable bonds is 6. The number of aryl methyl sites for hydroxylation is 2. The van der Waals surface area contributed by atoms with Gasteiger partial charge in [-0.1, -0.05) is 13.3 Å². The Kier molecular flexibility index (Phi) is 6.54. The summed E-state index contributed by atoms with van der Waals surface area (Å²) in [5.74, 6) is 1.77. The van der Waals surface area contributed by atoms with Crippen LogP contribution in [0.4, 0.5) is 0 Å². The van der Waals surface area contributed by atoms with Crippen LogP contribution >= 0.6 is 11.3 Å². The van der Waals surface area contributed by atoms with Crippen molar-refractivity contribution in [1.29, 1.82) is 0 Å². The molecule has 6 nitrogen and oxygen atoms in total. The summed E-state index contributed by atoms with van der Waals surface area (Å²) in [5, 5.41) is 0.733. The van der Waals surface area contributed by atoms with Crippen LogP contribution in [-0.4, -0.2) is 53.3 Å². The standard InChI is InChI=1S/C21H29N3O3S/c1-5-6-11-23(4)20(25)16-9-12-24(13-10-16)21(26)18-15(3)22-19(28-18)17-8-7-14(2)27-17/h7-8,16H,5-6,9-13H2,1-4H3. The molecule has 0 bridgehead atoms. The molecule has 0 aliphatic carbocycles. The number of furan rings is 1.